The van der Waals surface area contributed by atoms with Gasteiger partial charge >= 0.3 is 0 Å². The second kappa shape index (κ2) is 7.24. The second-order valence-corrected chi connectivity index (χ2v) is 6.55. The van der Waals surface area contributed by atoms with E-state index in [-0.39, 0.29) is 0 Å². The highest BCUT2D eigenvalue weighted by atomic mass is 15.2. The number of hydrogen-bond acceptors (Lipinski definition) is 2. The maximum Gasteiger partial charge on any atom is 0.0451 e. The molecule has 0 aliphatic heterocycles. The van der Waals surface area contributed by atoms with Crippen molar-refractivity contribution in [1.82, 2.24) is 10.2 Å². The van der Waals surface area contributed by atoms with Crippen LogP contribution in [0.5, 0.6) is 0 Å². The van der Waals surface area contributed by atoms with Crippen LogP contribution >= 0.6 is 0 Å². The lowest BCUT2D eigenvalue weighted by Crippen LogP contribution is -2.38. The summed E-state index contributed by atoms with van der Waals surface area (Å²) < 4.78 is 0. The first kappa shape index (κ1) is 15.5. The normalized spacial score (nSPS) is 16.9. The first-order valence-electron chi connectivity index (χ1n) is 8.14. The lowest BCUT2D eigenvalue weighted by molar-refractivity contribution is 0.209. The summed E-state index contributed by atoms with van der Waals surface area (Å²) in [5.41, 5.74) is 2.86. The van der Waals surface area contributed by atoms with E-state index in [1.807, 2.05) is 0 Å². The van der Waals surface area contributed by atoms with Crippen molar-refractivity contribution in [3.8, 4) is 0 Å². The van der Waals surface area contributed by atoms with E-state index in [1.165, 1.54) is 30.5 Å². The van der Waals surface area contributed by atoms with Crippen LogP contribution in [-0.2, 0) is 0 Å². The molecule has 1 aliphatic rings. The molecule has 20 heavy (non-hydrogen) atoms. The van der Waals surface area contributed by atoms with E-state index >= 15 is 0 Å². The molecule has 1 atom stereocenters. The maximum atomic E-state index is 3.68. The van der Waals surface area contributed by atoms with Gasteiger partial charge in [-0.3, -0.25) is 4.90 Å². The molecule has 112 valence electrons. The Kier molecular flexibility index (Phi) is 5.62. The van der Waals surface area contributed by atoms with E-state index in [2.05, 4.69) is 62.2 Å². The van der Waals surface area contributed by atoms with E-state index < -0.39 is 0 Å². The van der Waals surface area contributed by atoms with Crippen molar-refractivity contribution in [2.75, 3.05) is 19.6 Å². The third kappa shape index (κ3) is 4.32. The fourth-order valence-corrected chi connectivity index (χ4v) is 3.01. The summed E-state index contributed by atoms with van der Waals surface area (Å²) in [4.78, 5) is 2.70. The number of rotatable bonds is 8. The predicted octanol–water partition coefficient (Wildman–Crippen LogP) is 3.77. The average Bonchev–Trinajstić information content (AvgIpc) is 3.21. The van der Waals surface area contributed by atoms with Gasteiger partial charge in [0.25, 0.3) is 0 Å². The van der Waals surface area contributed by atoms with Gasteiger partial charge in [-0.2, -0.15) is 0 Å². The fourth-order valence-electron chi connectivity index (χ4n) is 3.01. The Morgan fingerprint density at radius 2 is 1.90 bits per heavy atom. The average molecular weight is 274 g/mol. The van der Waals surface area contributed by atoms with Crippen LogP contribution < -0.4 is 5.32 Å². The molecule has 1 saturated carbocycles. The second-order valence-electron chi connectivity index (χ2n) is 6.55. The highest BCUT2D eigenvalue weighted by molar-refractivity contribution is 5.29. The van der Waals surface area contributed by atoms with E-state index in [1.54, 1.807) is 0 Å². The van der Waals surface area contributed by atoms with Gasteiger partial charge in [0.15, 0.2) is 0 Å². The predicted molar refractivity (Wildman–Crippen MR) is 87.0 cm³/mol. The van der Waals surface area contributed by atoms with Gasteiger partial charge in [-0.25, -0.2) is 0 Å². The molecule has 2 heteroatoms. The van der Waals surface area contributed by atoms with E-state index in [4.69, 9.17) is 0 Å². The lowest BCUT2D eigenvalue weighted by Gasteiger charge is -2.30. The van der Waals surface area contributed by atoms with Crippen LogP contribution in [0.15, 0.2) is 24.3 Å². The van der Waals surface area contributed by atoms with Gasteiger partial charge in [-0.05, 0) is 43.4 Å². The first-order valence-corrected chi connectivity index (χ1v) is 8.14. The summed E-state index contributed by atoms with van der Waals surface area (Å²) in [5.74, 6) is 0.745. The zero-order valence-corrected chi connectivity index (χ0v) is 13.5. The van der Waals surface area contributed by atoms with Crippen LogP contribution in [0.2, 0.25) is 0 Å². The van der Waals surface area contributed by atoms with Crippen LogP contribution in [0.25, 0.3) is 0 Å². The van der Waals surface area contributed by atoms with E-state index in [0.29, 0.717) is 6.04 Å². The Morgan fingerprint density at radius 3 is 2.45 bits per heavy atom. The highest BCUT2D eigenvalue weighted by Crippen LogP contribution is 2.30. The largest absolute Gasteiger partial charge is 0.309 e. The monoisotopic (exact) mass is 274 g/mol. The molecule has 0 bridgehead atoms. The zero-order chi connectivity index (χ0) is 14.5. The molecule has 1 fully saturated rings. The summed E-state index contributed by atoms with van der Waals surface area (Å²) in [5, 5.41) is 3.68. The molecule has 2 nitrogen and oxygen atoms in total. The zero-order valence-electron chi connectivity index (χ0n) is 13.5. The third-order valence-corrected chi connectivity index (χ3v) is 4.09. The van der Waals surface area contributed by atoms with Crippen molar-refractivity contribution in [3.63, 3.8) is 0 Å². The highest BCUT2D eigenvalue weighted by Gasteiger charge is 2.31. The maximum absolute atomic E-state index is 3.68. The Bertz CT molecular complexity index is 410. The van der Waals surface area contributed by atoms with Crippen LogP contribution in [0.3, 0.4) is 0 Å². The number of nitrogens with zero attached hydrogens (tertiary/aromatic N) is 1. The first-order chi connectivity index (χ1) is 9.61. The molecular formula is C18H30N2. The van der Waals surface area contributed by atoms with Crippen molar-refractivity contribution < 1.29 is 0 Å². The minimum Gasteiger partial charge on any atom is -0.309 e. The van der Waals surface area contributed by atoms with Crippen molar-refractivity contribution in [3.05, 3.63) is 35.4 Å². The molecule has 1 N–H and O–H groups in total. The van der Waals surface area contributed by atoms with Gasteiger partial charge in [0.05, 0.1) is 0 Å². The molecule has 1 aliphatic carbocycles. The molecular weight excluding hydrogens is 244 g/mol. The molecule has 1 aromatic rings. The molecule has 0 spiro atoms. The third-order valence-electron chi connectivity index (χ3n) is 4.09. The van der Waals surface area contributed by atoms with Crippen molar-refractivity contribution in [2.24, 2.45) is 5.92 Å². The quantitative estimate of drug-likeness (QED) is 0.776. The molecule has 0 aromatic heterocycles. The Morgan fingerprint density at radius 1 is 1.20 bits per heavy atom. The van der Waals surface area contributed by atoms with Crippen LogP contribution in [0, 0.1) is 12.8 Å². The van der Waals surface area contributed by atoms with Gasteiger partial charge in [0, 0.05) is 25.2 Å². The van der Waals surface area contributed by atoms with Crippen molar-refractivity contribution >= 4 is 0 Å². The molecule has 0 heterocycles. The molecule has 2 rings (SSSR count). The number of likely N-dealkylation sites (N-methyl/N-ethyl adjacent to an activating group) is 1. The fraction of sp³-hybridized carbons (Fsp3) is 0.667. The molecule has 0 amide bonds. The standard InChI is InChI=1S/C18H30N2/c1-5-19-18(17-9-7-6-8-15(17)4)13-20(12-14(2)3)16-10-11-16/h6-9,14,16,18-19H,5,10-13H2,1-4H3. The summed E-state index contributed by atoms with van der Waals surface area (Å²) >= 11 is 0. The Labute approximate surface area is 124 Å². The molecule has 0 radical (unpaired) electrons. The van der Waals surface area contributed by atoms with Gasteiger partial charge in [-0.15, -0.1) is 0 Å². The van der Waals surface area contributed by atoms with E-state index in [9.17, 15) is 0 Å². The van der Waals surface area contributed by atoms with Gasteiger partial charge < -0.3 is 5.32 Å². The molecule has 1 aromatic carbocycles. The molecule has 1 unspecified atom stereocenters. The Hall–Kier alpha value is -0.860. The number of hydrogen-bond donors (Lipinski definition) is 1. The van der Waals surface area contributed by atoms with Crippen molar-refractivity contribution in [2.45, 2.75) is 52.6 Å². The van der Waals surface area contributed by atoms with Gasteiger partial charge in [0.2, 0.25) is 0 Å². The van der Waals surface area contributed by atoms with Gasteiger partial charge in [0.1, 0.15) is 0 Å². The minimum absolute atomic E-state index is 0.459. The lowest BCUT2D eigenvalue weighted by atomic mass is 10.00. The topological polar surface area (TPSA) is 15.3 Å². The van der Waals surface area contributed by atoms with Crippen LogP contribution in [0.1, 0.15) is 50.8 Å². The smallest absolute Gasteiger partial charge is 0.0451 e. The SMILES string of the molecule is CCNC(CN(CC(C)C)C1CC1)c1ccccc1C. The summed E-state index contributed by atoms with van der Waals surface area (Å²) in [6.07, 6.45) is 2.78. The number of benzene rings is 1. The number of aryl methyl sites for hydroxylation is 1. The molecule has 0 saturated heterocycles. The van der Waals surface area contributed by atoms with Crippen LogP contribution in [0.4, 0.5) is 0 Å². The Balaban J connectivity index is 2.09. The number of nitrogens with one attached hydrogen (secondary N) is 1. The van der Waals surface area contributed by atoms with Crippen LogP contribution in [-0.4, -0.2) is 30.6 Å². The van der Waals surface area contributed by atoms with Crippen molar-refractivity contribution in [1.29, 1.82) is 0 Å². The van der Waals surface area contributed by atoms with Gasteiger partial charge in [-0.1, -0.05) is 45.0 Å². The summed E-state index contributed by atoms with van der Waals surface area (Å²) in [7, 11) is 0. The van der Waals surface area contributed by atoms with E-state index in [0.717, 1.165) is 25.0 Å². The summed E-state index contributed by atoms with van der Waals surface area (Å²) in [6, 6.07) is 10.1. The summed E-state index contributed by atoms with van der Waals surface area (Å²) in [6.45, 7) is 12.5. The minimum atomic E-state index is 0.459.